The number of thiazole rings is 1. The lowest BCUT2D eigenvalue weighted by Gasteiger charge is -2.07. The summed E-state index contributed by atoms with van der Waals surface area (Å²) in [6, 6.07) is 11.8. The van der Waals surface area contributed by atoms with Crippen molar-refractivity contribution < 1.29 is 0 Å². The third kappa shape index (κ3) is 3.52. The highest BCUT2D eigenvalue weighted by atomic mass is 35.5. The molecular formula is C18H16Cl2N2S. The maximum Gasteiger partial charge on any atom is 0.187 e. The van der Waals surface area contributed by atoms with E-state index in [4.69, 9.17) is 28.2 Å². The quantitative estimate of drug-likeness (QED) is 0.554. The van der Waals surface area contributed by atoms with Gasteiger partial charge in [-0.05, 0) is 56.2 Å². The van der Waals surface area contributed by atoms with Gasteiger partial charge in [-0.2, -0.15) is 0 Å². The van der Waals surface area contributed by atoms with Crippen LogP contribution in [0.5, 0.6) is 0 Å². The molecule has 0 unspecified atom stereocenters. The predicted molar refractivity (Wildman–Crippen MR) is 102 cm³/mol. The Morgan fingerprint density at radius 1 is 1.00 bits per heavy atom. The van der Waals surface area contributed by atoms with Crippen LogP contribution in [0.15, 0.2) is 36.4 Å². The monoisotopic (exact) mass is 362 g/mol. The second kappa shape index (κ2) is 6.52. The first-order valence-corrected chi connectivity index (χ1v) is 8.78. The molecule has 2 nitrogen and oxygen atoms in total. The number of halogens is 2. The van der Waals surface area contributed by atoms with Gasteiger partial charge in [0.15, 0.2) is 5.13 Å². The van der Waals surface area contributed by atoms with Gasteiger partial charge in [-0.1, -0.05) is 35.3 Å². The van der Waals surface area contributed by atoms with Gasteiger partial charge in [-0.15, -0.1) is 11.3 Å². The largest absolute Gasteiger partial charge is 0.331 e. The lowest BCUT2D eigenvalue weighted by molar-refractivity contribution is 1.33. The summed E-state index contributed by atoms with van der Waals surface area (Å²) < 4.78 is 0. The van der Waals surface area contributed by atoms with Gasteiger partial charge in [0, 0.05) is 21.2 Å². The molecular weight excluding hydrogens is 347 g/mol. The van der Waals surface area contributed by atoms with Crippen LogP contribution in [-0.2, 0) is 0 Å². The van der Waals surface area contributed by atoms with Crippen molar-refractivity contribution in [3.05, 3.63) is 62.4 Å². The van der Waals surface area contributed by atoms with Crippen molar-refractivity contribution in [2.75, 3.05) is 5.32 Å². The number of hydrogen-bond acceptors (Lipinski definition) is 3. The summed E-state index contributed by atoms with van der Waals surface area (Å²) in [5.74, 6) is 0. The minimum absolute atomic E-state index is 0.654. The summed E-state index contributed by atoms with van der Waals surface area (Å²) in [6.07, 6.45) is 0. The zero-order chi connectivity index (χ0) is 16.6. The summed E-state index contributed by atoms with van der Waals surface area (Å²) >= 11 is 14.0. The molecule has 118 valence electrons. The molecule has 0 saturated heterocycles. The molecule has 1 aromatic heterocycles. The van der Waals surface area contributed by atoms with E-state index >= 15 is 0 Å². The smallest absolute Gasteiger partial charge is 0.187 e. The summed E-state index contributed by atoms with van der Waals surface area (Å²) in [5.41, 5.74) is 5.20. The molecule has 2 aromatic carbocycles. The fourth-order valence-electron chi connectivity index (χ4n) is 2.36. The van der Waals surface area contributed by atoms with Gasteiger partial charge >= 0.3 is 0 Å². The molecule has 0 atom stereocenters. The Morgan fingerprint density at radius 2 is 1.78 bits per heavy atom. The van der Waals surface area contributed by atoms with Crippen LogP contribution in [0, 0.1) is 20.8 Å². The number of hydrogen-bond donors (Lipinski definition) is 1. The molecule has 0 aliphatic rings. The highest BCUT2D eigenvalue weighted by Crippen LogP contribution is 2.37. The Kier molecular flexibility index (Phi) is 4.62. The van der Waals surface area contributed by atoms with Crippen LogP contribution >= 0.6 is 34.5 Å². The van der Waals surface area contributed by atoms with Gasteiger partial charge in [-0.25, -0.2) is 4.98 Å². The summed E-state index contributed by atoms with van der Waals surface area (Å²) in [5, 5.41) is 5.57. The van der Waals surface area contributed by atoms with Gasteiger partial charge in [0.2, 0.25) is 0 Å². The molecule has 0 amide bonds. The molecule has 0 bridgehead atoms. The van der Waals surface area contributed by atoms with Crippen LogP contribution in [0.1, 0.15) is 16.0 Å². The van der Waals surface area contributed by atoms with E-state index < -0.39 is 0 Å². The number of nitrogens with one attached hydrogen (secondary N) is 1. The average Bonchev–Trinajstić information content (AvgIpc) is 2.86. The van der Waals surface area contributed by atoms with Crippen LogP contribution < -0.4 is 5.32 Å². The first-order chi connectivity index (χ1) is 10.9. The van der Waals surface area contributed by atoms with Crippen molar-refractivity contribution in [2.24, 2.45) is 0 Å². The second-order valence-corrected chi connectivity index (χ2v) is 7.54. The van der Waals surface area contributed by atoms with Crippen LogP contribution in [0.3, 0.4) is 0 Å². The molecule has 3 aromatic rings. The summed E-state index contributed by atoms with van der Waals surface area (Å²) in [4.78, 5) is 5.81. The first kappa shape index (κ1) is 16.3. The lowest BCUT2D eigenvalue weighted by atomic mass is 10.1. The Morgan fingerprint density at radius 3 is 2.57 bits per heavy atom. The number of nitrogens with zero attached hydrogens (tertiary/aromatic N) is 1. The number of aryl methyl sites for hydroxylation is 3. The molecule has 1 N–H and O–H groups in total. The van der Waals surface area contributed by atoms with E-state index in [2.05, 4.69) is 37.4 Å². The third-order valence-electron chi connectivity index (χ3n) is 3.61. The lowest BCUT2D eigenvalue weighted by Crippen LogP contribution is -1.93. The summed E-state index contributed by atoms with van der Waals surface area (Å²) in [6.45, 7) is 6.20. The van der Waals surface area contributed by atoms with E-state index in [1.165, 1.54) is 11.1 Å². The van der Waals surface area contributed by atoms with Crippen molar-refractivity contribution >= 4 is 45.4 Å². The van der Waals surface area contributed by atoms with Gasteiger partial charge in [0.25, 0.3) is 0 Å². The van der Waals surface area contributed by atoms with Crippen molar-refractivity contribution in [1.29, 1.82) is 0 Å². The van der Waals surface area contributed by atoms with Crippen molar-refractivity contribution in [2.45, 2.75) is 20.8 Å². The van der Waals surface area contributed by atoms with Gasteiger partial charge in [0.05, 0.1) is 10.7 Å². The van der Waals surface area contributed by atoms with Crippen molar-refractivity contribution in [1.82, 2.24) is 4.98 Å². The van der Waals surface area contributed by atoms with Gasteiger partial charge in [-0.3, -0.25) is 0 Å². The molecule has 3 rings (SSSR count). The molecule has 0 radical (unpaired) electrons. The fraction of sp³-hybridized carbons (Fsp3) is 0.167. The van der Waals surface area contributed by atoms with E-state index in [0.717, 1.165) is 27.0 Å². The third-order valence-corrected chi connectivity index (χ3v) is 5.07. The Hall–Kier alpha value is -1.55. The first-order valence-electron chi connectivity index (χ1n) is 7.21. The molecule has 0 aliphatic heterocycles. The van der Waals surface area contributed by atoms with Crippen LogP contribution in [-0.4, -0.2) is 4.98 Å². The molecule has 0 fully saturated rings. The molecule has 0 aliphatic carbocycles. The normalized spacial score (nSPS) is 10.8. The summed E-state index contributed by atoms with van der Waals surface area (Å²) in [7, 11) is 0. The molecule has 0 spiro atoms. The Bertz CT molecular complexity index is 871. The highest BCUT2D eigenvalue weighted by molar-refractivity contribution is 7.16. The average molecular weight is 363 g/mol. The van der Waals surface area contributed by atoms with E-state index in [0.29, 0.717) is 10.0 Å². The predicted octanol–water partition coefficient (Wildman–Crippen LogP) is 6.79. The standard InChI is InChI=1S/C18H16Cl2N2S/c1-10-4-5-11(2)16(8-10)21-18-22-17(12(3)23-18)14-9-13(19)6-7-15(14)20/h4-9H,1-3H3,(H,21,22). The number of aromatic nitrogens is 1. The van der Waals surface area contributed by atoms with E-state index in [1.807, 2.05) is 13.0 Å². The number of rotatable bonds is 3. The minimum atomic E-state index is 0.654. The van der Waals surface area contributed by atoms with Crippen LogP contribution in [0.2, 0.25) is 10.0 Å². The van der Waals surface area contributed by atoms with Crippen molar-refractivity contribution in [3.63, 3.8) is 0 Å². The Balaban J connectivity index is 1.98. The maximum absolute atomic E-state index is 6.30. The highest BCUT2D eigenvalue weighted by Gasteiger charge is 2.14. The molecule has 23 heavy (non-hydrogen) atoms. The van der Waals surface area contributed by atoms with E-state index in [9.17, 15) is 0 Å². The zero-order valence-corrected chi connectivity index (χ0v) is 15.4. The SMILES string of the molecule is Cc1ccc(C)c(Nc2nc(-c3cc(Cl)ccc3Cl)c(C)s2)c1. The van der Waals surface area contributed by atoms with Gasteiger partial charge in [0.1, 0.15) is 0 Å². The minimum Gasteiger partial charge on any atom is -0.331 e. The van der Waals surface area contributed by atoms with Crippen LogP contribution in [0.25, 0.3) is 11.3 Å². The number of anilines is 2. The molecule has 1 heterocycles. The molecule has 5 heteroatoms. The maximum atomic E-state index is 6.30. The topological polar surface area (TPSA) is 24.9 Å². The second-order valence-electron chi connectivity index (χ2n) is 5.49. The van der Waals surface area contributed by atoms with Crippen LogP contribution in [0.4, 0.5) is 10.8 Å². The Labute approximate surface area is 150 Å². The van der Waals surface area contributed by atoms with E-state index in [1.54, 1.807) is 23.5 Å². The molecule has 0 saturated carbocycles. The van der Waals surface area contributed by atoms with E-state index in [-0.39, 0.29) is 0 Å². The zero-order valence-electron chi connectivity index (χ0n) is 13.1. The number of benzene rings is 2. The van der Waals surface area contributed by atoms with Gasteiger partial charge < -0.3 is 5.32 Å². The fourth-order valence-corrected chi connectivity index (χ4v) is 3.58. The van der Waals surface area contributed by atoms with Crippen molar-refractivity contribution in [3.8, 4) is 11.3 Å².